The fraction of sp³-hybridized carbons (Fsp3) is 0.667. The molecule has 0 amide bonds. The van der Waals surface area contributed by atoms with Crippen molar-refractivity contribution in [3.05, 3.63) is 29.8 Å². The fourth-order valence-electron chi connectivity index (χ4n) is 3.95. The minimum absolute atomic E-state index is 0. The van der Waals surface area contributed by atoms with Gasteiger partial charge in [0.15, 0.2) is 5.96 Å². The predicted molar refractivity (Wildman–Crippen MR) is 129 cm³/mol. The standard InChI is InChI=1S/C21H35N5O2.HI/c1-22-21(23-14-19-16-25(2)12-13-28-19)24-15-20(26-10-4-5-11-26)17-6-8-18(27-3)9-7-17;/h6-9,19-20H,4-5,10-16H2,1-3H3,(H2,22,23,24);1H. The van der Waals surface area contributed by atoms with Crippen LogP contribution in [0.3, 0.4) is 0 Å². The van der Waals surface area contributed by atoms with E-state index in [1.807, 2.05) is 19.2 Å². The van der Waals surface area contributed by atoms with Gasteiger partial charge >= 0.3 is 0 Å². The van der Waals surface area contributed by atoms with Crippen LogP contribution in [0.1, 0.15) is 24.4 Å². The maximum absolute atomic E-state index is 5.83. The van der Waals surface area contributed by atoms with Crippen molar-refractivity contribution in [2.75, 3.05) is 67.1 Å². The highest BCUT2D eigenvalue weighted by Crippen LogP contribution is 2.26. The molecule has 0 aromatic heterocycles. The first kappa shape index (κ1) is 24.2. The minimum atomic E-state index is 0. The van der Waals surface area contributed by atoms with Gasteiger partial charge < -0.3 is 25.0 Å². The Morgan fingerprint density at radius 3 is 2.55 bits per heavy atom. The zero-order valence-corrected chi connectivity index (χ0v) is 20.2. The van der Waals surface area contributed by atoms with E-state index < -0.39 is 0 Å². The molecule has 2 unspecified atom stereocenters. The van der Waals surface area contributed by atoms with Crippen LogP contribution in [0.5, 0.6) is 5.75 Å². The van der Waals surface area contributed by atoms with Crippen molar-refractivity contribution in [1.82, 2.24) is 20.4 Å². The SMILES string of the molecule is CN=C(NCC1CN(C)CCO1)NCC(c1ccc(OC)cc1)N1CCCC1.I. The van der Waals surface area contributed by atoms with Gasteiger partial charge in [-0.1, -0.05) is 12.1 Å². The summed E-state index contributed by atoms with van der Waals surface area (Å²) in [7, 11) is 5.66. The molecule has 3 rings (SSSR count). The zero-order chi connectivity index (χ0) is 19.8. The lowest BCUT2D eigenvalue weighted by Gasteiger charge is -2.31. The van der Waals surface area contributed by atoms with Crippen LogP contribution in [0.25, 0.3) is 0 Å². The Hall–Kier alpha value is -1.10. The third kappa shape index (κ3) is 7.27. The molecule has 2 atom stereocenters. The molecule has 1 aromatic rings. The number of likely N-dealkylation sites (N-methyl/N-ethyl adjacent to an activating group) is 1. The number of hydrogen-bond acceptors (Lipinski definition) is 5. The Bertz CT molecular complexity index is 622. The Morgan fingerprint density at radius 2 is 1.93 bits per heavy atom. The van der Waals surface area contributed by atoms with E-state index in [1.165, 1.54) is 18.4 Å². The first-order valence-electron chi connectivity index (χ1n) is 10.3. The molecule has 0 aliphatic carbocycles. The van der Waals surface area contributed by atoms with Crippen molar-refractivity contribution in [2.24, 2.45) is 4.99 Å². The Kier molecular flexibility index (Phi) is 10.5. The van der Waals surface area contributed by atoms with Gasteiger partial charge in [0.2, 0.25) is 0 Å². The minimum Gasteiger partial charge on any atom is -0.497 e. The Labute approximate surface area is 192 Å². The number of nitrogens with zero attached hydrogens (tertiary/aromatic N) is 3. The van der Waals surface area contributed by atoms with E-state index in [0.29, 0.717) is 6.04 Å². The van der Waals surface area contributed by atoms with Gasteiger partial charge in [0.1, 0.15) is 5.75 Å². The summed E-state index contributed by atoms with van der Waals surface area (Å²) >= 11 is 0. The molecule has 2 heterocycles. The molecule has 7 nitrogen and oxygen atoms in total. The number of nitrogens with one attached hydrogen (secondary N) is 2. The van der Waals surface area contributed by atoms with Crippen molar-refractivity contribution >= 4 is 29.9 Å². The number of ether oxygens (including phenoxy) is 2. The maximum atomic E-state index is 5.83. The van der Waals surface area contributed by atoms with Crippen molar-refractivity contribution in [2.45, 2.75) is 25.0 Å². The van der Waals surface area contributed by atoms with Crippen LogP contribution in [0.4, 0.5) is 0 Å². The van der Waals surface area contributed by atoms with E-state index in [9.17, 15) is 0 Å². The summed E-state index contributed by atoms with van der Waals surface area (Å²) in [5, 5.41) is 6.95. The quantitative estimate of drug-likeness (QED) is 0.328. The summed E-state index contributed by atoms with van der Waals surface area (Å²) in [6, 6.07) is 8.76. The van der Waals surface area contributed by atoms with Gasteiger partial charge in [-0.05, 0) is 50.7 Å². The number of aliphatic imine (C=N–C) groups is 1. The normalized spacial score (nSPS) is 22.0. The van der Waals surface area contributed by atoms with Crippen LogP contribution in [0, 0.1) is 0 Å². The molecule has 0 saturated carbocycles. The summed E-state index contributed by atoms with van der Waals surface area (Å²) in [5.41, 5.74) is 1.31. The van der Waals surface area contributed by atoms with Gasteiger partial charge in [0.25, 0.3) is 0 Å². The highest BCUT2D eigenvalue weighted by atomic mass is 127. The van der Waals surface area contributed by atoms with Crippen LogP contribution in [0.15, 0.2) is 29.3 Å². The molecule has 29 heavy (non-hydrogen) atoms. The third-order valence-electron chi connectivity index (χ3n) is 5.61. The molecule has 0 radical (unpaired) electrons. The molecule has 0 bridgehead atoms. The van der Waals surface area contributed by atoms with E-state index in [1.54, 1.807) is 7.11 Å². The van der Waals surface area contributed by atoms with E-state index in [-0.39, 0.29) is 30.1 Å². The average molecular weight is 517 g/mol. The second-order valence-electron chi connectivity index (χ2n) is 7.62. The number of methoxy groups -OCH3 is 1. The van der Waals surface area contributed by atoms with E-state index in [2.05, 4.69) is 44.6 Å². The van der Waals surface area contributed by atoms with Gasteiger partial charge in [0, 0.05) is 33.2 Å². The molecule has 2 aliphatic heterocycles. The first-order chi connectivity index (χ1) is 13.7. The zero-order valence-electron chi connectivity index (χ0n) is 17.9. The fourth-order valence-corrected chi connectivity index (χ4v) is 3.95. The van der Waals surface area contributed by atoms with Gasteiger partial charge in [-0.15, -0.1) is 24.0 Å². The third-order valence-corrected chi connectivity index (χ3v) is 5.61. The van der Waals surface area contributed by atoms with Gasteiger partial charge in [-0.3, -0.25) is 9.89 Å². The van der Waals surface area contributed by atoms with Crippen molar-refractivity contribution in [3.8, 4) is 5.75 Å². The second-order valence-corrected chi connectivity index (χ2v) is 7.62. The summed E-state index contributed by atoms with van der Waals surface area (Å²) in [5.74, 6) is 1.72. The van der Waals surface area contributed by atoms with Gasteiger partial charge in [0.05, 0.1) is 25.9 Å². The summed E-state index contributed by atoms with van der Waals surface area (Å²) in [6.07, 6.45) is 2.74. The van der Waals surface area contributed by atoms with Crippen LogP contribution in [-0.4, -0.2) is 88.9 Å². The summed E-state index contributed by atoms with van der Waals surface area (Å²) in [4.78, 5) is 9.26. The molecule has 2 aliphatic rings. The average Bonchev–Trinajstić information content (AvgIpc) is 3.25. The molecule has 2 N–H and O–H groups in total. The number of benzene rings is 1. The molecular formula is C21H36IN5O2. The summed E-state index contributed by atoms with van der Waals surface area (Å²) in [6.45, 7) is 6.62. The largest absolute Gasteiger partial charge is 0.497 e. The molecule has 0 spiro atoms. The van der Waals surface area contributed by atoms with Crippen LogP contribution in [-0.2, 0) is 4.74 Å². The number of hydrogen-bond donors (Lipinski definition) is 2. The van der Waals surface area contributed by atoms with Crippen LogP contribution >= 0.6 is 24.0 Å². The highest BCUT2D eigenvalue weighted by Gasteiger charge is 2.24. The van der Waals surface area contributed by atoms with Crippen molar-refractivity contribution in [3.63, 3.8) is 0 Å². The number of morpholine rings is 1. The second kappa shape index (κ2) is 12.6. The summed E-state index contributed by atoms with van der Waals surface area (Å²) < 4.78 is 11.1. The lowest BCUT2D eigenvalue weighted by molar-refractivity contribution is -0.0161. The van der Waals surface area contributed by atoms with E-state index in [4.69, 9.17) is 9.47 Å². The lowest BCUT2D eigenvalue weighted by Crippen LogP contribution is -2.49. The number of halogens is 1. The first-order valence-corrected chi connectivity index (χ1v) is 10.3. The number of likely N-dealkylation sites (tertiary alicyclic amines) is 1. The molecule has 2 saturated heterocycles. The number of guanidine groups is 1. The Morgan fingerprint density at radius 1 is 1.21 bits per heavy atom. The molecule has 8 heteroatoms. The number of rotatable bonds is 7. The van der Waals surface area contributed by atoms with Crippen molar-refractivity contribution < 1.29 is 9.47 Å². The predicted octanol–water partition coefficient (Wildman–Crippen LogP) is 1.95. The Balaban J connectivity index is 0.00000300. The molecule has 164 valence electrons. The lowest BCUT2D eigenvalue weighted by atomic mass is 10.1. The highest BCUT2D eigenvalue weighted by molar-refractivity contribution is 14.0. The smallest absolute Gasteiger partial charge is 0.191 e. The molecule has 2 fully saturated rings. The maximum Gasteiger partial charge on any atom is 0.191 e. The van der Waals surface area contributed by atoms with E-state index >= 15 is 0 Å². The van der Waals surface area contributed by atoms with Crippen LogP contribution in [0.2, 0.25) is 0 Å². The van der Waals surface area contributed by atoms with E-state index in [0.717, 1.165) is 57.6 Å². The monoisotopic (exact) mass is 517 g/mol. The van der Waals surface area contributed by atoms with Crippen LogP contribution < -0.4 is 15.4 Å². The molecule has 1 aromatic carbocycles. The van der Waals surface area contributed by atoms with Crippen molar-refractivity contribution in [1.29, 1.82) is 0 Å². The van der Waals surface area contributed by atoms with Gasteiger partial charge in [-0.2, -0.15) is 0 Å². The molecular weight excluding hydrogens is 481 g/mol. The van der Waals surface area contributed by atoms with Gasteiger partial charge in [-0.25, -0.2) is 0 Å². The topological polar surface area (TPSA) is 61.4 Å².